The van der Waals surface area contributed by atoms with Crippen LogP contribution in [-0.4, -0.2) is 22.7 Å². The number of nitrogens with zero attached hydrogens (tertiary/aromatic N) is 1. The topological polar surface area (TPSA) is 45.1 Å². The molecular formula is C15H20N2O. The monoisotopic (exact) mass is 244 g/mol. The fourth-order valence-electron chi connectivity index (χ4n) is 2.09. The van der Waals surface area contributed by atoms with Crippen molar-refractivity contribution in [2.75, 3.05) is 6.54 Å². The number of hydrogen-bond acceptors (Lipinski definition) is 3. The highest BCUT2D eigenvalue weighted by atomic mass is 16.3. The number of aliphatic hydroxyl groups is 1. The molecule has 0 aliphatic rings. The van der Waals surface area contributed by atoms with Crippen molar-refractivity contribution in [3.8, 4) is 0 Å². The molecule has 0 aliphatic carbocycles. The number of hydrogen-bond donors (Lipinski definition) is 2. The molecule has 0 bridgehead atoms. The maximum absolute atomic E-state index is 9.18. The van der Waals surface area contributed by atoms with Crippen molar-refractivity contribution < 1.29 is 5.11 Å². The molecule has 1 heterocycles. The van der Waals surface area contributed by atoms with Gasteiger partial charge in [0.1, 0.15) is 0 Å². The molecule has 0 aliphatic heterocycles. The zero-order valence-electron chi connectivity index (χ0n) is 10.8. The lowest BCUT2D eigenvalue weighted by molar-refractivity contribution is 0.181. The van der Waals surface area contributed by atoms with Gasteiger partial charge in [0.05, 0.1) is 6.10 Å². The molecule has 1 unspecified atom stereocenters. The molecule has 1 atom stereocenters. The normalized spacial score (nSPS) is 12.8. The van der Waals surface area contributed by atoms with Gasteiger partial charge < -0.3 is 10.4 Å². The summed E-state index contributed by atoms with van der Waals surface area (Å²) in [5, 5.41) is 15.0. The van der Waals surface area contributed by atoms with E-state index in [0.29, 0.717) is 0 Å². The van der Waals surface area contributed by atoms with Gasteiger partial charge in [0, 0.05) is 24.3 Å². The van der Waals surface area contributed by atoms with Gasteiger partial charge in [0.15, 0.2) is 0 Å². The molecule has 0 fully saturated rings. The smallest absolute Gasteiger partial charge is 0.0512 e. The Bertz CT molecular complexity index is 491. The van der Waals surface area contributed by atoms with E-state index in [1.165, 1.54) is 16.3 Å². The quantitative estimate of drug-likeness (QED) is 0.767. The number of pyridine rings is 1. The number of aromatic nitrogens is 1. The zero-order chi connectivity index (χ0) is 12.8. The van der Waals surface area contributed by atoms with Gasteiger partial charge in [-0.25, -0.2) is 0 Å². The van der Waals surface area contributed by atoms with Gasteiger partial charge in [0.25, 0.3) is 0 Å². The average molecular weight is 244 g/mol. The highest BCUT2D eigenvalue weighted by molar-refractivity contribution is 5.84. The Balaban J connectivity index is 1.91. The standard InChI is InChI=1S/C15H20N2O/c1-12(18)4-3-8-16-10-13-5-2-6-14-11-17-9-7-15(13)14/h2,5-7,9,11-12,16,18H,3-4,8,10H2,1H3. The highest BCUT2D eigenvalue weighted by Gasteiger charge is 2.00. The second-order valence-corrected chi connectivity index (χ2v) is 4.68. The fourth-order valence-corrected chi connectivity index (χ4v) is 2.09. The third-order valence-electron chi connectivity index (χ3n) is 3.06. The van der Waals surface area contributed by atoms with E-state index in [1.54, 1.807) is 0 Å². The van der Waals surface area contributed by atoms with Crippen molar-refractivity contribution in [2.24, 2.45) is 0 Å². The van der Waals surface area contributed by atoms with E-state index in [4.69, 9.17) is 0 Å². The largest absolute Gasteiger partial charge is 0.393 e. The zero-order valence-corrected chi connectivity index (χ0v) is 10.8. The van der Waals surface area contributed by atoms with Crippen molar-refractivity contribution in [2.45, 2.75) is 32.4 Å². The van der Waals surface area contributed by atoms with Crippen LogP contribution >= 0.6 is 0 Å². The van der Waals surface area contributed by atoms with E-state index in [-0.39, 0.29) is 6.10 Å². The number of aliphatic hydroxyl groups excluding tert-OH is 1. The molecule has 2 rings (SSSR count). The molecule has 0 saturated heterocycles. The molecule has 3 nitrogen and oxygen atoms in total. The van der Waals surface area contributed by atoms with Gasteiger partial charge in [-0.2, -0.15) is 0 Å². The molecule has 3 heteroatoms. The van der Waals surface area contributed by atoms with Gasteiger partial charge in [-0.05, 0) is 43.3 Å². The van der Waals surface area contributed by atoms with Crippen LogP contribution in [0.2, 0.25) is 0 Å². The number of rotatable bonds is 6. The summed E-state index contributed by atoms with van der Waals surface area (Å²) >= 11 is 0. The van der Waals surface area contributed by atoms with Crippen molar-refractivity contribution in [3.05, 3.63) is 42.2 Å². The summed E-state index contributed by atoms with van der Waals surface area (Å²) in [5.41, 5.74) is 1.30. The molecule has 0 amide bonds. The summed E-state index contributed by atoms with van der Waals surface area (Å²) < 4.78 is 0. The van der Waals surface area contributed by atoms with E-state index in [1.807, 2.05) is 19.3 Å². The maximum Gasteiger partial charge on any atom is 0.0512 e. The minimum Gasteiger partial charge on any atom is -0.393 e. The van der Waals surface area contributed by atoms with Crippen LogP contribution in [0.5, 0.6) is 0 Å². The first-order valence-corrected chi connectivity index (χ1v) is 6.48. The number of fused-ring (bicyclic) bond motifs is 1. The summed E-state index contributed by atoms with van der Waals surface area (Å²) in [6.45, 7) is 3.63. The summed E-state index contributed by atoms with van der Waals surface area (Å²) in [6.07, 6.45) is 5.39. The van der Waals surface area contributed by atoms with E-state index in [2.05, 4.69) is 34.6 Å². The van der Waals surface area contributed by atoms with Gasteiger partial charge in [-0.1, -0.05) is 18.2 Å². The Kier molecular flexibility index (Phi) is 4.67. The van der Waals surface area contributed by atoms with Crippen LogP contribution in [0.15, 0.2) is 36.7 Å². The van der Waals surface area contributed by atoms with Crippen LogP contribution in [0, 0.1) is 0 Å². The van der Waals surface area contributed by atoms with Gasteiger partial charge in [-0.3, -0.25) is 4.98 Å². The molecular weight excluding hydrogens is 224 g/mol. The minimum absolute atomic E-state index is 0.199. The van der Waals surface area contributed by atoms with Crippen LogP contribution in [0.1, 0.15) is 25.3 Å². The Morgan fingerprint density at radius 1 is 1.33 bits per heavy atom. The maximum atomic E-state index is 9.18. The van der Waals surface area contributed by atoms with Crippen molar-refractivity contribution in [1.82, 2.24) is 10.3 Å². The van der Waals surface area contributed by atoms with Crippen molar-refractivity contribution in [1.29, 1.82) is 0 Å². The van der Waals surface area contributed by atoms with Crippen molar-refractivity contribution in [3.63, 3.8) is 0 Å². The van der Waals surface area contributed by atoms with E-state index >= 15 is 0 Å². The number of benzene rings is 1. The fraction of sp³-hybridized carbons (Fsp3) is 0.400. The molecule has 2 aromatic rings. The lowest BCUT2D eigenvalue weighted by atomic mass is 10.1. The van der Waals surface area contributed by atoms with Crippen molar-refractivity contribution >= 4 is 10.8 Å². The molecule has 0 saturated carbocycles. The Labute approximate surface area is 108 Å². The third-order valence-corrected chi connectivity index (χ3v) is 3.06. The molecule has 2 N–H and O–H groups in total. The molecule has 0 spiro atoms. The Morgan fingerprint density at radius 3 is 3.06 bits per heavy atom. The van der Waals surface area contributed by atoms with Crippen LogP contribution in [-0.2, 0) is 6.54 Å². The first-order chi connectivity index (χ1) is 8.77. The molecule has 96 valence electrons. The summed E-state index contributed by atoms with van der Waals surface area (Å²) in [5.74, 6) is 0. The minimum atomic E-state index is -0.199. The third kappa shape index (κ3) is 3.52. The molecule has 1 aromatic carbocycles. The molecule has 1 aromatic heterocycles. The molecule has 0 radical (unpaired) electrons. The van der Waals surface area contributed by atoms with E-state index in [0.717, 1.165) is 25.9 Å². The average Bonchev–Trinajstić information content (AvgIpc) is 2.38. The van der Waals surface area contributed by atoms with Gasteiger partial charge >= 0.3 is 0 Å². The first-order valence-electron chi connectivity index (χ1n) is 6.48. The SMILES string of the molecule is CC(O)CCCNCc1cccc2cnccc12. The summed E-state index contributed by atoms with van der Waals surface area (Å²) in [4.78, 5) is 4.13. The van der Waals surface area contributed by atoms with Gasteiger partial charge in [-0.15, -0.1) is 0 Å². The lowest BCUT2D eigenvalue weighted by Gasteiger charge is -2.08. The predicted molar refractivity (Wildman–Crippen MR) is 74.4 cm³/mol. The number of nitrogens with one attached hydrogen (secondary N) is 1. The predicted octanol–water partition coefficient (Wildman–Crippen LogP) is 2.49. The summed E-state index contributed by atoms with van der Waals surface area (Å²) in [6, 6.07) is 8.35. The summed E-state index contributed by atoms with van der Waals surface area (Å²) in [7, 11) is 0. The van der Waals surface area contributed by atoms with Gasteiger partial charge in [0.2, 0.25) is 0 Å². The van der Waals surface area contributed by atoms with Crippen LogP contribution < -0.4 is 5.32 Å². The van der Waals surface area contributed by atoms with Crippen LogP contribution in [0.3, 0.4) is 0 Å². The van der Waals surface area contributed by atoms with Crippen LogP contribution in [0.25, 0.3) is 10.8 Å². The second kappa shape index (κ2) is 6.47. The highest BCUT2D eigenvalue weighted by Crippen LogP contribution is 2.17. The first kappa shape index (κ1) is 13.0. The molecule has 18 heavy (non-hydrogen) atoms. The van der Waals surface area contributed by atoms with E-state index in [9.17, 15) is 5.11 Å². The lowest BCUT2D eigenvalue weighted by Crippen LogP contribution is -2.16. The Morgan fingerprint density at radius 2 is 2.22 bits per heavy atom. The van der Waals surface area contributed by atoms with E-state index < -0.39 is 0 Å². The van der Waals surface area contributed by atoms with Crippen LogP contribution in [0.4, 0.5) is 0 Å². The Hall–Kier alpha value is -1.45. The second-order valence-electron chi connectivity index (χ2n) is 4.68.